The average molecular weight is 105 g/mol. The molecule has 0 fully saturated rings. The van der Waals surface area contributed by atoms with E-state index in [1.165, 1.54) is 0 Å². The van der Waals surface area contributed by atoms with Gasteiger partial charge >= 0.3 is 0 Å². The molecule has 0 heterocycles. The summed E-state index contributed by atoms with van der Waals surface area (Å²) in [6.07, 6.45) is 8.93. The highest BCUT2D eigenvalue weighted by Crippen LogP contribution is 1.87. The molecule has 0 aliphatic carbocycles. The SMILES string of the molecule is C#CC#C[CH]CCC. The lowest BCUT2D eigenvalue weighted by Gasteiger charge is -1.79. The van der Waals surface area contributed by atoms with Gasteiger partial charge in [0.2, 0.25) is 0 Å². The summed E-state index contributed by atoms with van der Waals surface area (Å²) < 4.78 is 0. The van der Waals surface area contributed by atoms with E-state index in [0.717, 1.165) is 12.8 Å². The summed E-state index contributed by atoms with van der Waals surface area (Å²) in [5.41, 5.74) is 0. The van der Waals surface area contributed by atoms with Gasteiger partial charge in [-0.05, 0) is 18.3 Å². The van der Waals surface area contributed by atoms with Crippen LogP contribution in [0.15, 0.2) is 0 Å². The zero-order valence-electron chi connectivity index (χ0n) is 5.07. The standard InChI is InChI=1S/C8H9/c1-3-5-7-8-6-4-2/h1,8H,4,6H2,2H3. The van der Waals surface area contributed by atoms with Crippen LogP contribution < -0.4 is 0 Å². The van der Waals surface area contributed by atoms with Crippen LogP contribution in [-0.2, 0) is 0 Å². The van der Waals surface area contributed by atoms with E-state index in [-0.39, 0.29) is 0 Å². The van der Waals surface area contributed by atoms with Crippen LogP contribution in [-0.4, -0.2) is 0 Å². The van der Waals surface area contributed by atoms with Crippen LogP contribution in [0.5, 0.6) is 0 Å². The molecule has 0 heteroatoms. The summed E-state index contributed by atoms with van der Waals surface area (Å²) in [6, 6.07) is 0. The summed E-state index contributed by atoms with van der Waals surface area (Å²) >= 11 is 0. The van der Waals surface area contributed by atoms with Crippen LogP contribution in [0.3, 0.4) is 0 Å². The largest absolute Gasteiger partial charge is 0.106 e. The number of rotatable bonds is 2. The molecule has 0 saturated carbocycles. The lowest BCUT2D eigenvalue weighted by Crippen LogP contribution is -1.66. The Labute approximate surface area is 51.3 Å². The van der Waals surface area contributed by atoms with Crippen LogP contribution in [0.1, 0.15) is 19.8 Å². The van der Waals surface area contributed by atoms with E-state index in [9.17, 15) is 0 Å². The third kappa shape index (κ3) is 5.12. The molecule has 41 valence electrons. The minimum absolute atomic E-state index is 1.04. The van der Waals surface area contributed by atoms with E-state index in [1.54, 1.807) is 0 Å². The maximum absolute atomic E-state index is 4.87. The maximum atomic E-state index is 4.87. The Morgan fingerprint density at radius 2 is 2.38 bits per heavy atom. The molecule has 0 aromatic rings. The molecule has 0 unspecified atom stereocenters. The first kappa shape index (κ1) is 7.12. The first-order valence-corrected chi connectivity index (χ1v) is 2.69. The van der Waals surface area contributed by atoms with Gasteiger partial charge in [-0.1, -0.05) is 19.3 Å². The predicted octanol–water partition coefficient (Wildman–Crippen LogP) is 1.63. The highest BCUT2D eigenvalue weighted by Gasteiger charge is 1.74. The molecular formula is C8H9. The quantitative estimate of drug-likeness (QED) is 0.370. The molecule has 0 spiro atoms. The lowest BCUT2D eigenvalue weighted by atomic mass is 10.2. The minimum Gasteiger partial charge on any atom is -0.106 e. The third-order valence-electron chi connectivity index (χ3n) is 0.679. The molecule has 0 saturated heterocycles. The van der Waals surface area contributed by atoms with E-state index in [0.29, 0.717) is 0 Å². The van der Waals surface area contributed by atoms with Crippen LogP contribution in [0.2, 0.25) is 0 Å². The fourth-order valence-electron chi connectivity index (χ4n) is 0.309. The molecule has 0 nitrogen and oxygen atoms in total. The summed E-state index contributed by atoms with van der Waals surface area (Å²) in [4.78, 5) is 0. The molecule has 0 bridgehead atoms. The number of unbranched alkanes of at least 4 members (excludes halogenated alkanes) is 2. The molecule has 0 rings (SSSR count). The van der Waals surface area contributed by atoms with Crippen LogP contribution in [0, 0.1) is 30.6 Å². The van der Waals surface area contributed by atoms with Crippen molar-refractivity contribution in [2.24, 2.45) is 0 Å². The smallest absolute Gasteiger partial charge is 0.0351 e. The summed E-state index contributed by atoms with van der Waals surface area (Å²) in [6.45, 7) is 2.11. The second-order valence-corrected chi connectivity index (χ2v) is 1.41. The number of hydrogen-bond acceptors (Lipinski definition) is 0. The number of hydrogen-bond donors (Lipinski definition) is 0. The molecule has 8 heavy (non-hydrogen) atoms. The molecule has 0 N–H and O–H groups in total. The molecule has 0 aliphatic rings. The van der Waals surface area contributed by atoms with Crippen LogP contribution in [0.4, 0.5) is 0 Å². The van der Waals surface area contributed by atoms with E-state index in [1.807, 2.05) is 6.42 Å². The van der Waals surface area contributed by atoms with Gasteiger partial charge in [0.15, 0.2) is 0 Å². The topological polar surface area (TPSA) is 0 Å². The van der Waals surface area contributed by atoms with Crippen molar-refractivity contribution in [3.8, 4) is 24.2 Å². The minimum atomic E-state index is 1.04. The molecule has 0 amide bonds. The van der Waals surface area contributed by atoms with Crippen molar-refractivity contribution >= 4 is 0 Å². The van der Waals surface area contributed by atoms with E-state index in [4.69, 9.17) is 6.42 Å². The molecule has 0 aliphatic heterocycles. The van der Waals surface area contributed by atoms with Crippen molar-refractivity contribution in [3.05, 3.63) is 6.42 Å². The Balaban J connectivity index is 3.06. The highest BCUT2D eigenvalue weighted by molar-refractivity contribution is 5.25. The van der Waals surface area contributed by atoms with Crippen molar-refractivity contribution in [2.75, 3.05) is 0 Å². The van der Waals surface area contributed by atoms with Gasteiger partial charge in [-0.3, -0.25) is 0 Å². The summed E-state index contributed by atoms with van der Waals surface area (Å²) in [7, 11) is 0. The van der Waals surface area contributed by atoms with Gasteiger partial charge in [0.05, 0.1) is 0 Å². The van der Waals surface area contributed by atoms with Gasteiger partial charge in [0.1, 0.15) is 0 Å². The van der Waals surface area contributed by atoms with Gasteiger partial charge in [-0.2, -0.15) is 0 Å². The van der Waals surface area contributed by atoms with E-state index in [2.05, 4.69) is 24.7 Å². The predicted molar refractivity (Wildman–Crippen MR) is 35.8 cm³/mol. The molecule has 0 atom stereocenters. The van der Waals surface area contributed by atoms with Crippen molar-refractivity contribution in [1.82, 2.24) is 0 Å². The maximum Gasteiger partial charge on any atom is 0.0351 e. The second-order valence-electron chi connectivity index (χ2n) is 1.41. The Bertz CT molecular complexity index is 126. The highest BCUT2D eigenvalue weighted by atomic mass is 13.8. The summed E-state index contributed by atoms with van der Waals surface area (Å²) in [5.74, 6) is 7.46. The zero-order valence-corrected chi connectivity index (χ0v) is 5.07. The van der Waals surface area contributed by atoms with Gasteiger partial charge in [0, 0.05) is 6.42 Å². The lowest BCUT2D eigenvalue weighted by molar-refractivity contribution is 0.929. The van der Waals surface area contributed by atoms with Crippen molar-refractivity contribution < 1.29 is 0 Å². The second kappa shape index (κ2) is 6.12. The molecular weight excluding hydrogens is 96.1 g/mol. The monoisotopic (exact) mass is 105 g/mol. The average Bonchev–Trinajstić information content (AvgIpc) is 1.81. The van der Waals surface area contributed by atoms with E-state index >= 15 is 0 Å². The molecule has 1 radical (unpaired) electrons. The Morgan fingerprint density at radius 1 is 1.62 bits per heavy atom. The van der Waals surface area contributed by atoms with Crippen LogP contribution in [0.25, 0.3) is 0 Å². The van der Waals surface area contributed by atoms with Gasteiger partial charge in [0.25, 0.3) is 0 Å². The van der Waals surface area contributed by atoms with Crippen molar-refractivity contribution in [2.45, 2.75) is 19.8 Å². The van der Waals surface area contributed by atoms with Gasteiger partial charge < -0.3 is 0 Å². The van der Waals surface area contributed by atoms with Gasteiger partial charge in [-0.15, -0.1) is 6.42 Å². The van der Waals surface area contributed by atoms with Crippen LogP contribution >= 0.6 is 0 Å². The fourth-order valence-corrected chi connectivity index (χ4v) is 0.309. The Morgan fingerprint density at radius 3 is 2.88 bits per heavy atom. The normalized spacial score (nSPS) is 6.50. The first-order chi connectivity index (χ1) is 3.91. The first-order valence-electron chi connectivity index (χ1n) is 2.69. The van der Waals surface area contributed by atoms with Gasteiger partial charge in [-0.25, -0.2) is 0 Å². The molecule has 0 aromatic carbocycles. The van der Waals surface area contributed by atoms with E-state index < -0.39 is 0 Å². The summed E-state index contributed by atoms with van der Waals surface area (Å²) in [5, 5.41) is 0. The Kier molecular flexibility index (Phi) is 5.45. The molecule has 0 aromatic heterocycles. The zero-order chi connectivity index (χ0) is 6.24. The fraction of sp³-hybridized carbons (Fsp3) is 0.375. The van der Waals surface area contributed by atoms with Crippen molar-refractivity contribution in [3.63, 3.8) is 0 Å². The third-order valence-corrected chi connectivity index (χ3v) is 0.679. The van der Waals surface area contributed by atoms with Crippen molar-refractivity contribution in [1.29, 1.82) is 0 Å². The Hall–Kier alpha value is -0.880. The number of terminal acetylenes is 1.